The number of nitrogens with one attached hydrogen (secondary N) is 1. The molecule has 1 aliphatic rings. The number of nitrogens with two attached hydrogens (primary N) is 2. The molecule has 1 unspecified atom stereocenters. The fourth-order valence-corrected chi connectivity index (χ4v) is 1.64. The van der Waals surface area contributed by atoms with Gasteiger partial charge in [0.25, 0.3) is 0 Å². The summed E-state index contributed by atoms with van der Waals surface area (Å²) in [6.07, 6.45) is 2.69. The molecule has 0 aliphatic heterocycles. The summed E-state index contributed by atoms with van der Waals surface area (Å²) in [6, 6.07) is 6.26. The van der Waals surface area contributed by atoms with Gasteiger partial charge in [0, 0.05) is 11.7 Å². The Morgan fingerprint density at radius 1 is 1.29 bits per heavy atom. The van der Waals surface area contributed by atoms with Crippen molar-refractivity contribution in [3.05, 3.63) is 18.2 Å². The lowest BCUT2D eigenvalue weighted by atomic mass is 10.2. The summed E-state index contributed by atoms with van der Waals surface area (Å²) in [5.74, 6) is 0.841. The highest BCUT2D eigenvalue weighted by molar-refractivity contribution is 5.69. The summed E-state index contributed by atoms with van der Waals surface area (Å²) < 4.78 is 0. The fraction of sp³-hybridized carbons (Fsp3) is 0.455. The molecule has 0 bridgehead atoms. The Balaban J connectivity index is 2.04. The van der Waals surface area contributed by atoms with Crippen LogP contribution in [0.3, 0.4) is 0 Å². The maximum absolute atomic E-state index is 5.72. The topological polar surface area (TPSA) is 64.1 Å². The van der Waals surface area contributed by atoms with Crippen LogP contribution in [0.2, 0.25) is 0 Å². The summed E-state index contributed by atoms with van der Waals surface area (Å²) in [5, 5.41) is 3.44. The van der Waals surface area contributed by atoms with Crippen molar-refractivity contribution in [2.75, 3.05) is 16.8 Å². The predicted molar refractivity (Wildman–Crippen MR) is 61.1 cm³/mol. The lowest BCUT2D eigenvalue weighted by Gasteiger charge is -2.15. The van der Waals surface area contributed by atoms with Crippen LogP contribution < -0.4 is 16.8 Å². The third kappa shape index (κ3) is 1.92. The molecule has 3 nitrogen and oxygen atoms in total. The van der Waals surface area contributed by atoms with E-state index in [-0.39, 0.29) is 0 Å². The summed E-state index contributed by atoms with van der Waals surface area (Å²) in [6.45, 7) is 2.21. The van der Waals surface area contributed by atoms with E-state index < -0.39 is 0 Å². The quantitative estimate of drug-likeness (QED) is 0.641. The first kappa shape index (κ1) is 9.19. The molecule has 0 spiro atoms. The summed E-state index contributed by atoms with van der Waals surface area (Å²) >= 11 is 0. The Bertz CT molecular complexity index is 331. The van der Waals surface area contributed by atoms with E-state index in [9.17, 15) is 0 Å². The smallest absolute Gasteiger partial charge is 0.0568 e. The molecule has 0 saturated heterocycles. The van der Waals surface area contributed by atoms with Gasteiger partial charge in [-0.2, -0.15) is 0 Å². The Morgan fingerprint density at radius 3 is 2.57 bits per heavy atom. The first-order valence-electron chi connectivity index (χ1n) is 5.08. The average Bonchev–Trinajstić information content (AvgIpc) is 2.94. The highest BCUT2D eigenvalue weighted by Gasteiger charge is 2.27. The zero-order valence-electron chi connectivity index (χ0n) is 8.46. The molecule has 76 valence electrons. The van der Waals surface area contributed by atoms with E-state index in [0.717, 1.165) is 11.6 Å². The number of hydrogen-bond donors (Lipinski definition) is 3. The van der Waals surface area contributed by atoms with Crippen molar-refractivity contribution >= 4 is 17.1 Å². The number of rotatable bonds is 3. The van der Waals surface area contributed by atoms with Gasteiger partial charge in [0.1, 0.15) is 0 Å². The van der Waals surface area contributed by atoms with Gasteiger partial charge in [0.2, 0.25) is 0 Å². The van der Waals surface area contributed by atoms with Gasteiger partial charge in [-0.05, 0) is 43.9 Å². The summed E-state index contributed by atoms with van der Waals surface area (Å²) in [4.78, 5) is 0. The van der Waals surface area contributed by atoms with E-state index in [1.165, 1.54) is 12.8 Å². The molecular weight excluding hydrogens is 174 g/mol. The zero-order chi connectivity index (χ0) is 10.1. The molecule has 5 N–H and O–H groups in total. The van der Waals surface area contributed by atoms with Gasteiger partial charge in [-0.25, -0.2) is 0 Å². The molecule has 3 heteroatoms. The summed E-state index contributed by atoms with van der Waals surface area (Å²) in [7, 11) is 0. The monoisotopic (exact) mass is 191 g/mol. The highest BCUT2D eigenvalue weighted by atomic mass is 14.9. The SMILES string of the molecule is CC(Nc1ccc(N)c(N)c1)C1CC1. The minimum atomic E-state index is 0.540. The standard InChI is InChI=1S/C11H17N3/c1-7(8-2-3-8)14-9-4-5-10(12)11(13)6-9/h4-8,14H,2-3,12-13H2,1H3. The van der Waals surface area contributed by atoms with Gasteiger partial charge in [-0.3, -0.25) is 0 Å². The predicted octanol–water partition coefficient (Wildman–Crippen LogP) is 2.06. The normalized spacial score (nSPS) is 17.8. The third-order valence-corrected chi connectivity index (χ3v) is 2.81. The maximum atomic E-state index is 5.72. The molecule has 2 rings (SSSR count). The Labute approximate surface area is 84.5 Å². The molecule has 1 aliphatic carbocycles. The molecule has 1 aromatic carbocycles. The minimum Gasteiger partial charge on any atom is -0.397 e. The highest BCUT2D eigenvalue weighted by Crippen LogP contribution is 2.34. The average molecular weight is 191 g/mol. The van der Waals surface area contributed by atoms with E-state index in [2.05, 4.69) is 12.2 Å². The fourth-order valence-electron chi connectivity index (χ4n) is 1.64. The second-order valence-electron chi connectivity index (χ2n) is 4.11. The molecular formula is C11H17N3. The minimum absolute atomic E-state index is 0.540. The van der Waals surface area contributed by atoms with Gasteiger partial charge in [-0.15, -0.1) is 0 Å². The molecule has 0 heterocycles. The van der Waals surface area contributed by atoms with Gasteiger partial charge < -0.3 is 16.8 Å². The number of anilines is 3. The van der Waals surface area contributed by atoms with Crippen LogP contribution in [0.25, 0.3) is 0 Å². The first-order chi connectivity index (χ1) is 6.66. The number of benzene rings is 1. The molecule has 0 aromatic heterocycles. The molecule has 1 aromatic rings. The Kier molecular flexibility index (Phi) is 2.23. The number of nitrogen functional groups attached to an aromatic ring is 2. The Morgan fingerprint density at radius 2 is 2.00 bits per heavy atom. The Hall–Kier alpha value is -1.38. The van der Waals surface area contributed by atoms with E-state index in [0.29, 0.717) is 17.4 Å². The van der Waals surface area contributed by atoms with Crippen molar-refractivity contribution in [1.82, 2.24) is 0 Å². The second kappa shape index (κ2) is 3.40. The van der Waals surface area contributed by atoms with Gasteiger partial charge in [-0.1, -0.05) is 0 Å². The van der Waals surface area contributed by atoms with Crippen molar-refractivity contribution in [3.8, 4) is 0 Å². The second-order valence-corrected chi connectivity index (χ2v) is 4.11. The molecule has 1 saturated carbocycles. The van der Waals surface area contributed by atoms with E-state index in [4.69, 9.17) is 11.5 Å². The van der Waals surface area contributed by atoms with Gasteiger partial charge >= 0.3 is 0 Å². The van der Waals surface area contributed by atoms with Crippen LogP contribution in [0.15, 0.2) is 18.2 Å². The van der Waals surface area contributed by atoms with Gasteiger partial charge in [0.15, 0.2) is 0 Å². The van der Waals surface area contributed by atoms with Crippen molar-refractivity contribution < 1.29 is 0 Å². The van der Waals surface area contributed by atoms with E-state index in [1.807, 2.05) is 18.2 Å². The molecule has 14 heavy (non-hydrogen) atoms. The van der Waals surface area contributed by atoms with Crippen LogP contribution in [-0.2, 0) is 0 Å². The van der Waals surface area contributed by atoms with E-state index >= 15 is 0 Å². The lowest BCUT2D eigenvalue weighted by Crippen LogP contribution is -2.17. The van der Waals surface area contributed by atoms with Crippen LogP contribution in [0, 0.1) is 5.92 Å². The lowest BCUT2D eigenvalue weighted by molar-refractivity contribution is 0.694. The maximum Gasteiger partial charge on any atom is 0.0568 e. The van der Waals surface area contributed by atoms with Crippen molar-refractivity contribution in [1.29, 1.82) is 0 Å². The zero-order valence-corrected chi connectivity index (χ0v) is 8.46. The number of hydrogen-bond acceptors (Lipinski definition) is 3. The largest absolute Gasteiger partial charge is 0.397 e. The van der Waals surface area contributed by atoms with Gasteiger partial charge in [0.05, 0.1) is 11.4 Å². The molecule has 0 amide bonds. The molecule has 1 fully saturated rings. The van der Waals surface area contributed by atoms with E-state index in [1.54, 1.807) is 0 Å². The van der Waals surface area contributed by atoms with Crippen molar-refractivity contribution in [2.24, 2.45) is 5.92 Å². The van der Waals surface area contributed by atoms with Crippen LogP contribution in [0.4, 0.5) is 17.1 Å². The van der Waals surface area contributed by atoms with Crippen LogP contribution in [0.5, 0.6) is 0 Å². The van der Waals surface area contributed by atoms with Crippen molar-refractivity contribution in [3.63, 3.8) is 0 Å². The van der Waals surface area contributed by atoms with Crippen LogP contribution in [0.1, 0.15) is 19.8 Å². The molecule has 0 radical (unpaired) electrons. The van der Waals surface area contributed by atoms with Crippen molar-refractivity contribution in [2.45, 2.75) is 25.8 Å². The molecule has 1 atom stereocenters. The van der Waals surface area contributed by atoms with Crippen LogP contribution in [-0.4, -0.2) is 6.04 Å². The first-order valence-corrected chi connectivity index (χ1v) is 5.08. The summed E-state index contributed by atoms with van der Waals surface area (Å²) in [5.41, 5.74) is 13.7. The van der Waals surface area contributed by atoms with Crippen LogP contribution >= 0.6 is 0 Å². The third-order valence-electron chi connectivity index (χ3n) is 2.81.